The van der Waals surface area contributed by atoms with Crippen LogP contribution < -0.4 is 5.32 Å². The lowest BCUT2D eigenvalue weighted by molar-refractivity contribution is -0.130. The number of amides is 1. The summed E-state index contributed by atoms with van der Waals surface area (Å²) in [6.07, 6.45) is 1.42. The summed E-state index contributed by atoms with van der Waals surface area (Å²) >= 11 is 15.4. The third-order valence-electron chi connectivity index (χ3n) is 6.30. The van der Waals surface area contributed by atoms with Gasteiger partial charge in [0.25, 0.3) is 0 Å². The molecule has 1 N–H and O–H groups in total. The van der Waals surface area contributed by atoms with E-state index in [1.54, 1.807) is 18.2 Å². The molecule has 2 aliphatic rings. The van der Waals surface area contributed by atoms with Crippen LogP contribution in [-0.2, 0) is 9.59 Å². The van der Waals surface area contributed by atoms with Gasteiger partial charge in [-0.15, -0.1) is 0 Å². The smallest absolute Gasteiger partial charge is 0.232 e. The van der Waals surface area contributed by atoms with Crippen LogP contribution >= 0.6 is 39.1 Å². The molecule has 0 heterocycles. The van der Waals surface area contributed by atoms with Crippen molar-refractivity contribution >= 4 is 56.5 Å². The van der Waals surface area contributed by atoms with Gasteiger partial charge in [-0.05, 0) is 36.5 Å². The van der Waals surface area contributed by atoms with E-state index in [0.717, 1.165) is 6.42 Å². The van der Waals surface area contributed by atoms with Crippen molar-refractivity contribution < 1.29 is 9.59 Å². The molecular formula is C17H18BrCl2NO2. The molecule has 6 heteroatoms. The number of rotatable bonds is 2. The predicted octanol–water partition coefficient (Wildman–Crippen LogP) is 5.09. The molecule has 3 nitrogen and oxygen atoms in total. The number of hydrogen-bond acceptors (Lipinski definition) is 2. The molecule has 1 aromatic carbocycles. The Balaban J connectivity index is 1.98. The van der Waals surface area contributed by atoms with Gasteiger partial charge in [0.05, 0.1) is 20.3 Å². The Morgan fingerprint density at radius 1 is 1.22 bits per heavy atom. The van der Waals surface area contributed by atoms with Crippen LogP contribution in [0.2, 0.25) is 10.0 Å². The molecule has 0 saturated heterocycles. The minimum atomic E-state index is -0.759. The summed E-state index contributed by atoms with van der Waals surface area (Å²) in [7, 11) is 0. The molecule has 1 aromatic rings. The fourth-order valence-electron chi connectivity index (χ4n) is 4.27. The maximum absolute atomic E-state index is 13.1. The lowest BCUT2D eigenvalue weighted by atomic mass is 9.64. The molecule has 1 amide bonds. The Morgan fingerprint density at radius 2 is 1.87 bits per heavy atom. The molecular weight excluding hydrogens is 401 g/mol. The molecule has 2 bridgehead atoms. The molecule has 3 rings (SSSR count). The average Bonchev–Trinajstić information content (AvgIpc) is 2.75. The number of fused-ring (bicyclic) bond motifs is 2. The highest BCUT2D eigenvalue weighted by molar-refractivity contribution is 9.10. The van der Waals surface area contributed by atoms with Gasteiger partial charge in [0.2, 0.25) is 5.91 Å². The number of carbonyl (C=O) groups excluding carboxylic acids is 2. The summed E-state index contributed by atoms with van der Waals surface area (Å²) < 4.78 is 0. The molecule has 23 heavy (non-hydrogen) atoms. The van der Waals surface area contributed by atoms with Crippen LogP contribution in [0.15, 0.2) is 18.2 Å². The van der Waals surface area contributed by atoms with Crippen LogP contribution in [0.3, 0.4) is 0 Å². The van der Waals surface area contributed by atoms with Gasteiger partial charge in [-0.3, -0.25) is 9.59 Å². The van der Waals surface area contributed by atoms with Crippen LogP contribution in [-0.4, -0.2) is 16.5 Å². The van der Waals surface area contributed by atoms with Crippen LogP contribution in [0, 0.1) is 16.2 Å². The first-order chi connectivity index (χ1) is 10.6. The molecule has 0 radical (unpaired) electrons. The summed E-state index contributed by atoms with van der Waals surface area (Å²) in [6, 6.07) is 4.98. The Labute approximate surface area is 154 Å². The van der Waals surface area contributed by atoms with E-state index in [2.05, 4.69) is 21.2 Å². The van der Waals surface area contributed by atoms with Crippen LogP contribution in [0.5, 0.6) is 0 Å². The first-order valence-corrected chi connectivity index (χ1v) is 9.20. The Kier molecular flexibility index (Phi) is 3.90. The van der Waals surface area contributed by atoms with Gasteiger partial charge < -0.3 is 5.32 Å². The topological polar surface area (TPSA) is 46.2 Å². The summed E-state index contributed by atoms with van der Waals surface area (Å²) in [4.78, 5) is 25.4. The van der Waals surface area contributed by atoms with Crippen molar-refractivity contribution in [2.75, 3.05) is 5.32 Å². The zero-order valence-electron chi connectivity index (χ0n) is 13.2. The van der Waals surface area contributed by atoms with E-state index in [9.17, 15) is 9.59 Å². The van der Waals surface area contributed by atoms with E-state index >= 15 is 0 Å². The second kappa shape index (κ2) is 5.21. The van der Waals surface area contributed by atoms with E-state index in [1.165, 1.54) is 0 Å². The largest absolute Gasteiger partial charge is 0.325 e. The number of hydrogen-bond donors (Lipinski definition) is 1. The van der Waals surface area contributed by atoms with Crippen LogP contribution in [0.4, 0.5) is 5.69 Å². The fourth-order valence-corrected chi connectivity index (χ4v) is 6.08. The highest BCUT2D eigenvalue weighted by Gasteiger charge is 2.76. The lowest BCUT2D eigenvalue weighted by Gasteiger charge is -2.39. The van der Waals surface area contributed by atoms with Crippen molar-refractivity contribution in [3.63, 3.8) is 0 Å². The number of carbonyl (C=O) groups is 2. The number of Topliss-reactive ketones (excluding diaryl/α,β-unsaturated/α-hetero) is 1. The van der Waals surface area contributed by atoms with Gasteiger partial charge >= 0.3 is 0 Å². The van der Waals surface area contributed by atoms with Crippen molar-refractivity contribution in [2.24, 2.45) is 16.2 Å². The molecule has 0 aliphatic heterocycles. The van der Waals surface area contributed by atoms with Gasteiger partial charge in [0, 0.05) is 11.1 Å². The second-order valence-electron chi connectivity index (χ2n) is 7.24. The molecule has 2 saturated carbocycles. The normalized spacial score (nSPS) is 34.7. The van der Waals surface area contributed by atoms with E-state index < -0.39 is 21.1 Å². The zero-order chi connectivity index (χ0) is 17.2. The number of ketones is 1. The maximum Gasteiger partial charge on any atom is 0.232 e. The summed E-state index contributed by atoms with van der Waals surface area (Å²) in [5.41, 5.74) is -1.07. The van der Waals surface area contributed by atoms with E-state index in [0.29, 0.717) is 22.2 Å². The lowest BCUT2D eigenvalue weighted by Crippen LogP contribution is -2.47. The number of nitrogens with one attached hydrogen (secondary N) is 1. The molecule has 2 aliphatic carbocycles. The fraction of sp³-hybridized carbons (Fsp3) is 0.529. The third kappa shape index (κ3) is 2.01. The van der Waals surface area contributed by atoms with Crippen molar-refractivity contribution in [3.8, 4) is 0 Å². The van der Waals surface area contributed by atoms with E-state index in [1.807, 2.05) is 20.8 Å². The van der Waals surface area contributed by atoms with Gasteiger partial charge in [-0.25, -0.2) is 0 Å². The van der Waals surface area contributed by atoms with Gasteiger partial charge in [-0.2, -0.15) is 0 Å². The van der Waals surface area contributed by atoms with Crippen LogP contribution in [0.25, 0.3) is 0 Å². The Hall–Kier alpha value is -0.580. The van der Waals surface area contributed by atoms with Crippen LogP contribution in [0.1, 0.15) is 33.6 Å². The number of benzene rings is 1. The summed E-state index contributed by atoms with van der Waals surface area (Å²) in [5, 5.41) is 3.75. The van der Waals surface area contributed by atoms with Crippen molar-refractivity contribution in [1.29, 1.82) is 0 Å². The molecule has 0 spiro atoms. The first-order valence-electron chi connectivity index (χ1n) is 7.53. The highest BCUT2D eigenvalue weighted by Crippen LogP contribution is 2.72. The predicted molar refractivity (Wildman–Crippen MR) is 96.4 cm³/mol. The molecule has 2 fully saturated rings. The number of halogens is 3. The van der Waals surface area contributed by atoms with E-state index in [-0.39, 0.29) is 11.7 Å². The van der Waals surface area contributed by atoms with Crippen molar-refractivity contribution in [2.45, 2.75) is 38.4 Å². The second-order valence-corrected chi connectivity index (χ2v) is 8.97. The standard InChI is InChI=1S/C17H18BrCl2NO2/c1-15(2)16(3)6-7-17(15,12(18)13(16)22)14(23)21-9-4-5-10(19)11(20)8-9/h4-5,8,12H,6-7H2,1-3H3,(H,21,23)/t12-,16+,17+/m0/s1. The molecule has 0 aromatic heterocycles. The monoisotopic (exact) mass is 417 g/mol. The van der Waals surface area contributed by atoms with Crippen molar-refractivity contribution in [3.05, 3.63) is 28.2 Å². The number of alkyl halides is 1. The SMILES string of the molecule is CC1(C)[C@]2(C(=O)Nc3ccc(Cl)c(Cl)c3)CC[C@]1(C)C(=O)[C@@H]2Br. The number of anilines is 1. The van der Waals surface area contributed by atoms with E-state index in [4.69, 9.17) is 23.2 Å². The molecule has 0 unspecified atom stereocenters. The Bertz CT molecular complexity index is 721. The Morgan fingerprint density at radius 3 is 2.39 bits per heavy atom. The average molecular weight is 419 g/mol. The summed E-state index contributed by atoms with van der Waals surface area (Å²) in [6.45, 7) is 6.02. The first kappa shape index (κ1) is 17.2. The quantitative estimate of drug-likeness (QED) is 0.679. The highest BCUT2D eigenvalue weighted by atomic mass is 79.9. The molecule has 124 valence electrons. The van der Waals surface area contributed by atoms with Gasteiger partial charge in [-0.1, -0.05) is 59.9 Å². The van der Waals surface area contributed by atoms with Gasteiger partial charge in [0.1, 0.15) is 0 Å². The zero-order valence-corrected chi connectivity index (χ0v) is 16.3. The van der Waals surface area contributed by atoms with Crippen molar-refractivity contribution in [1.82, 2.24) is 0 Å². The van der Waals surface area contributed by atoms with Gasteiger partial charge in [0.15, 0.2) is 5.78 Å². The third-order valence-corrected chi connectivity index (χ3v) is 8.24. The summed E-state index contributed by atoms with van der Waals surface area (Å²) in [5.74, 6) is -0.0182. The molecule has 3 atom stereocenters. The maximum atomic E-state index is 13.1. The minimum Gasteiger partial charge on any atom is -0.325 e. The minimum absolute atomic E-state index is 0.123.